The quantitative estimate of drug-likeness (QED) is 0.783. The van der Waals surface area contributed by atoms with Crippen molar-refractivity contribution in [1.82, 2.24) is 14.5 Å². The Morgan fingerprint density at radius 3 is 2.78 bits per heavy atom. The second kappa shape index (κ2) is 5.72. The summed E-state index contributed by atoms with van der Waals surface area (Å²) in [6.45, 7) is 3.28. The maximum Gasteiger partial charge on any atom is 0.267 e. The van der Waals surface area contributed by atoms with Gasteiger partial charge in [0.1, 0.15) is 11.6 Å². The van der Waals surface area contributed by atoms with Crippen molar-refractivity contribution in [2.45, 2.75) is 19.9 Å². The highest BCUT2D eigenvalue weighted by atomic mass is 35.5. The second-order valence-electron chi connectivity index (χ2n) is 5.30. The van der Waals surface area contributed by atoms with Gasteiger partial charge in [0.2, 0.25) is 0 Å². The van der Waals surface area contributed by atoms with Crippen LogP contribution in [0.3, 0.4) is 0 Å². The fourth-order valence-corrected chi connectivity index (χ4v) is 2.71. The molecule has 3 aromatic rings. The minimum atomic E-state index is -0.534. The van der Waals surface area contributed by atoms with E-state index < -0.39 is 17.4 Å². The number of nitrogens with zero attached hydrogens (tertiary/aromatic N) is 3. The van der Waals surface area contributed by atoms with E-state index in [9.17, 15) is 9.18 Å². The van der Waals surface area contributed by atoms with Crippen molar-refractivity contribution in [1.29, 1.82) is 0 Å². The first-order valence-electron chi connectivity index (χ1n) is 6.99. The highest BCUT2D eigenvalue weighted by Gasteiger charge is 2.19. The van der Waals surface area contributed by atoms with E-state index in [1.807, 2.05) is 0 Å². The first-order valence-corrected chi connectivity index (χ1v) is 7.37. The monoisotopic (exact) mass is 332 g/mol. The molecule has 1 atom stereocenters. The molecule has 0 fully saturated rings. The lowest BCUT2D eigenvalue weighted by molar-refractivity contribution is 0.606. The van der Waals surface area contributed by atoms with Crippen LogP contribution in [-0.4, -0.2) is 14.5 Å². The summed E-state index contributed by atoms with van der Waals surface area (Å²) in [7, 11) is 0. The molecule has 23 heavy (non-hydrogen) atoms. The Kier molecular flexibility index (Phi) is 3.87. The van der Waals surface area contributed by atoms with Gasteiger partial charge in [0, 0.05) is 5.56 Å². The molecular weight excluding hydrogens is 319 g/mol. The van der Waals surface area contributed by atoms with Crippen LogP contribution in [0, 0.1) is 12.7 Å². The molecular formula is C16H14ClFN4O. The van der Waals surface area contributed by atoms with E-state index in [4.69, 9.17) is 17.3 Å². The Hall–Kier alpha value is -2.31. The molecule has 5 nitrogen and oxygen atoms in total. The Balaban J connectivity index is 2.51. The number of fused-ring (bicyclic) bond motifs is 1. The van der Waals surface area contributed by atoms with Crippen LogP contribution in [0.1, 0.15) is 24.4 Å². The molecule has 7 heteroatoms. The predicted molar refractivity (Wildman–Crippen MR) is 87.4 cm³/mol. The van der Waals surface area contributed by atoms with Gasteiger partial charge in [0.15, 0.2) is 0 Å². The van der Waals surface area contributed by atoms with Crippen LogP contribution >= 0.6 is 11.6 Å². The molecule has 0 aliphatic rings. The van der Waals surface area contributed by atoms with Crippen LogP contribution in [0.25, 0.3) is 16.6 Å². The first kappa shape index (κ1) is 15.6. The molecule has 118 valence electrons. The van der Waals surface area contributed by atoms with E-state index in [2.05, 4.69) is 9.97 Å². The number of nitrogens with two attached hydrogens (primary N) is 1. The minimum Gasteiger partial charge on any atom is -0.322 e. The zero-order chi connectivity index (χ0) is 16.7. The van der Waals surface area contributed by atoms with Crippen LogP contribution in [-0.2, 0) is 0 Å². The highest BCUT2D eigenvalue weighted by Crippen LogP contribution is 2.23. The highest BCUT2D eigenvalue weighted by molar-refractivity contribution is 6.35. The molecule has 0 bridgehead atoms. The summed E-state index contributed by atoms with van der Waals surface area (Å²) in [5.74, 6) is -0.190. The summed E-state index contributed by atoms with van der Waals surface area (Å²) in [5, 5.41) is 0.550. The van der Waals surface area contributed by atoms with Gasteiger partial charge in [0.05, 0.1) is 40.0 Å². The van der Waals surface area contributed by atoms with Crippen molar-refractivity contribution in [3.63, 3.8) is 0 Å². The van der Waals surface area contributed by atoms with E-state index in [1.165, 1.54) is 10.8 Å². The molecule has 0 saturated heterocycles. The third-order valence-electron chi connectivity index (χ3n) is 3.65. The van der Waals surface area contributed by atoms with Gasteiger partial charge in [-0.05, 0) is 26.0 Å². The largest absolute Gasteiger partial charge is 0.322 e. The summed E-state index contributed by atoms with van der Waals surface area (Å²) in [6, 6.07) is 4.48. The van der Waals surface area contributed by atoms with Crippen LogP contribution in [0.2, 0.25) is 5.02 Å². The maximum absolute atomic E-state index is 13.9. The zero-order valence-electron chi connectivity index (χ0n) is 12.5. The minimum absolute atomic E-state index is 0.266. The third-order valence-corrected chi connectivity index (χ3v) is 3.96. The van der Waals surface area contributed by atoms with Gasteiger partial charge >= 0.3 is 0 Å². The van der Waals surface area contributed by atoms with Gasteiger partial charge in [-0.3, -0.25) is 14.3 Å². The number of halogens is 2. The summed E-state index contributed by atoms with van der Waals surface area (Å²) >= 11 is 6.15. The lowest BCUT2D eigenvalue weighted by Crippen LogP contribution is -2.28. The van der Waals surface area contributed by atoms with Gasteiger partial charge in [-0.25, -0.2) is 9.37 Å². The molecule has 0 aliphatic heterocycles. The number of aromatic nitrogens is 3. The standard InChI is InChI=1S/C16H14ClFN4O/c1-8-11(18)6-20-7-13(8)22-15(9(2)19)21-12-5-3-4-10(17)14(12)16(22)23/h3-7,9H,19H2,1-2H3/t9-/m0/s1. The average molecular weight is 333 g/mol. The van der Waals surface area contributed by atoms with Gasteiger partial charge in [-0.1, -0.05) is 17.7 Å². The molecule has 3 rings (SSSR count). The fourth-order valence-electron chi connectivity index (χ4n) is 2.46. The lowest BCUT2D eigenvalue weighted by atomic mass is 10.2. The van der Waals surface area contributed by atoms with E-state index in [0.29, 0.717) is 17.0 Å². The number of hydrogen-bond acceptors (Lipinski definition) is 4. The van der Waals surface area contributed by atoms with Gasteiger partial charge in [-0.15, -0.1) is 0 Å². The van der Waals surface area contributed by atoms with Gasteiger partial charge < -0.3 is 5.73 Å². The van der Waals surface area contributed by atoms with Gasteiger partial charge in [-0.2, -0.15) is 0 Å². The number of pyridine rings is 1. The van der Waals surface area contributed by atoms with E-state index >= 15 is 0 Å². The van der Waals surface area contributed by atoms with Crippen LogP contribution in [0.4, 0.5) is 4.39 Å². The normalized spacial score (nSPS) is 12.6. The molecule has 0 spiro atoms. The zero-order valence-corrected chi connectivity index (χ0v) is 13.3. The Morgan fingerprint density at radius 1 is 1.35 bits per heavy atom. The second-order valence-corrected chi connectivity index (χ2v) is 5.71. The van der Waals surface area contributed by atoms with Crippen molar-refractivity contribution in [2.75, 3.05) is 0 Å². The Labute approximate surface area is 136 Å². The van der Waals surface area contributed by atoms with Crippen molar-refractivity contribution in [3.8, 4) is 5.69 Å². The summed E-state index contributed by atoms with van der Waals surface area (Å²) < 4.78 is 15.1. The predicted octanol–water partition coefficient (Wildman–Crippen LogP) is 2.90. The Morgan fingerprint density at radius 2 is 2.09 bits per heavy atom. The Bertz CT molecular complexity index is 968. The lowest BCUT2D eigenvalue weighted by Gasteiger charge is -2.17. The summed E-state index contributed by atoms with van der Waals surface area (Å²) in [5.41, 5.74) is 6.61. The molecule has 0 radical (unpaired) electrons. The van der Waals surface area contributed by atoms with E-state index in [-0.39, 0.29) is 16.0 Å². The van der Waals surface area contributed by atoms with Gasteiger partial charge in [0.25, 0.3) is 5.56 Å². The third kappa shape index (κ3) is 2.50. The topological polar surface area (TPSA) is 73.8 Å². The smallest absolute Gasteiger partial charge is 0.267 e. The average Bonchev–Trinajstić information content (AvgIpc) is 2.50. The van der Waals surface area contributed by atoms with Crippen molar-refractivity contribution in [2.24, 2.45) is 5.73 Å². The van der Waals surface area contributed by atoms with Crippen LogP contribution in [0.5, 0.6) is 0 Å². The molecule has 2 heterocycles. The molecule has 1 aromatic carbocycles. The van der Waals surface area contributed by atoms with Crippen molar-refractivity contribution >= 4 is 22.5 Å². The first-order chi connectivity index (χ1) is 10.9. The number of rotatable bonds is 2. The number of hydrogen-bond donors (Lipinski definition) is 1. The summed E-state index contributed by atoms with van der Waals surface area (Å²) in [4.78, 5) is 21.2. The van der Waals surface area contributed by atoms with E-state index in [1.54, 1.807) is 32.0 Å². The molecule has 2 aromatic heterocycles. The van der Waals surface area contributed by atoms with Crippen LogP contribution < -0.4 is 11.3 Å². The maximum atomic E-state index is 13.9. The SMILES string of the molecule is Cc1c(F)cncc1-n1c([C@H](C)N)nc2cccc(Cl)c2c1=O. The summed E-state index contributed by atoms with van der Waals surface area (Å²) in [6.07, 6.45) is 2.51. The molecule has 0 saturated carbocycles. The molecule has 0 amide bonds. The molecule has 2 N–H and O–H groups in total. The van der Waals surface area contributed by atoms with Crippen molar-refractivity contribution < 1.29 is 4.39 Å². The van der Waals surface area contributed by atoms with Crippen LogP contribution in [0.15, 0.2) is 35.4 Å². The fraction of sp³-hybridized carbons (Fsp3) is 0.188. The van der Waals surface area contributed by atoms with E-state index in [0.717, 1.165) is 6.20 Å². The molecule has 0 unspecified atom stereocenters. The molecule has 0 aliphatic carbocycles. The van der Waals surface area contributed by atoms with Crippen molar-refractivity contribution in [3.05, 3.63) is 63.2 Å². The number of benzene rings is 1.